The molecule has 0 aromatic carbocycles. The molecule has 0 fully saturated rings. The third kappa shape index (κ3) is 3.77. The molecule has 6 nitrogen and oxygen atoms in total. The fourth-order valence-corrected chi connectivity index (χ4v) is 4.12. The molecule has 2 heterocycles. The van der Waals surface area contributed by atoms with Gasteiger partial charge in [-0.2, -0.15) is 0 Å². The highest BCUT2D eigenvalue weighted by Crippen LogP contribution is 2.21. The zero-order valence-corrected chi connectivity index (χ0v) is 14.3. The third-order valence-corrected chi connectivity index (χ3v) is 5.71. The Labute approximate surface area is 133 Å². The highest BCUT2D eigenvalue weighted by atomic mass is 35.5. The lowest BCUT2D eigenvalue weighted by atomic mass is 9.95. The maximum absolute atomic E-state index is 12.5. The summed E-state index contributed by atoms with van der Waals surface area (Å²) in [5.74, 6) is 0.864. The molecule has 1 aliphatic heterocycles. The van der Waals surface area contributed by atoms with E-state index in [1.165, 1.54) is 0 Å². The summed E-state index contributed by atoms with van der Waals surface area (Å²) >= 11 is 0. The molecule has 0 bridgehead atoms. The maximum atomic E-state index is 12.5. The van der Waals surface area contributed by atoms with Gasteiger partial charge in [0.2, 0.25) is 0 Å². The van der Waals surface area contributed by atoms with Crippen LogP contribution in [-0.4, -0.2) is 30.1 Å². The summed E-state index contributed by atoms with van der Waals surface area (Å²) < 4.78 is 29.7. The molecule has 0 amide bonds. The van der Waals surface area contributed by atoms with Crippen LogP contribution >= 0.6 is 12.4 Å². The van der Waals surface area contributed by atoms with Gasteiger partial charge in [0.25, 0.3) is 10.0 Å². The largest absolute Gasteiger partial charge is 0.333 e. The lowest BCUT2D eigenvalue weighted by Gasteiger charge is -2.30. The first kappa shape index (κ1) is 18.4. The summed E-state index contributed by atoms with van der Waals surface area (Å²) in [6.07, 6.45) is 5.95. The Morgan fingerprint density at radius 2 is 2.05 bits per heavy atom. The van der Waals surface area contributed by atoms with Gasteiger partial charge in [-0.1, -0.05) is 13.8 Å². The summed E-state index contributed by atoms with van der Waals surface area (Å²) in [4.78, 5) is 4.28. The zero-order valence-electron chi connectivity index (χ0n) is 12.6. The number of imidazole rings is 1. The number of rotatable bonds is 6. The van der Waals surface area contributed by atoms with E-state index in [-0.39, 0.29) is 24.0 Å². The second-order valence-electron chi connectivity index (χ2n) is 5.44. The number of nitrogens with two attached hydrogens (primary N) is 1. The van der Waals surface area contributed by atoms with Gasteiger partial charge in [-0.05, 0) is 25.7 Å². The first-order valence-corrected chi connectivity index (χ1v) is 8.75. The van der Waals surface area contributed by atoms with Crippen molar-refractivity contribution < 1.29 is 8.42 Å². The number of aryl methyl sites for hydroxylation is 2. The normalized spacial score (nSPS) is 15.4. The van der Waals surface area contributed by atoms with Gasteiger partial charge in [-0.15, -0.1) is 12.4 Å². The van der Waals surface area contributed by atoms with Crippen LogP contribution < -0.4 is 10.5 Å². The molecule has 8 heteroatoms. The van der Waals surface area contributed by atoms with E-state index in [9.17, 15) is 8.42 Å². The van der Waals surface area contributed by atoms with Crippen molar-refractivity contribution in [1.82, 2.24) is 14.3 Å². The van der Waals surface area contributed by atoms with Crippen LogP contribution in [0.2, 0.25) is 0 Å². The van der Waals surface area contributed by atoms with Crippen molar-refractivity contribution in [2.75, 3.05) is 6.54 Å². The minimum absolute atomic E-state index is 0. The molecule has 0 saturated carbocycles. The quantitative estimate of drug-likeness (QED) is 0.822. The molecule has 3 N–H and O–H groups in total. The summed E-state index contributed by atoms with van der Waals surface area (Å²) in [5, 5.41) is 0.120. The van der Waals surface area contributed by atoms with Gasteiger partial charge in [0.1, 0.15) is 5.82 Å². The van der Waals surface area contributed by atoms with Gasteiger partial charge in [-0.25, -0.2) is 18.1 Å². The lowest BCUT2D eigenvalue weighted by molar-refractivity contribution is 0.362. The Morgan fingerprint density at radius 3 is 2.57 bits per heavy atom. The number of halogens is 1. The van der Waals surface area contributed by atoms with E-state index in [1.807, 2.05) is 18.4 Å². The number of hydrogen-bond donors (Lipinski definition) is 2. The molecule has 1 aliphatic rings. The highest BCUT2D eigenvalue weighted by molar-refractivity contribution is 7.89. The van der Waals surface area contributed by atoms with Gasteiger partial charge in [-0.3, -0.25) is 0 Å². The second-order valence-corrected chi connectivity index (χ2v) is 7.07. The Morgan fingerprint density at radius 1 is 1.38 bits per heavy atom. The predicted molar refractivity (Wildman–Crippen MR) is 85.1 cm³/mol. The zero-order chi connectivity index (χ0) is 14.8. The minimum Gasteiger partial charge on any atom is -0.333 e. The van der Waals surface area contributed by atoms with E-state index in [4.69, 9.17) is 5.73 Å². The Bertz CT molecular complexity index is 535. The molecular weight excluding hydrogens is 312 g/mol. The van der Waals surface area contributed by atoms with Crippen molar-refractivity contribution in [3.63, 3.8) is 0 Å². The maximum Gasteiger partial charge on any atom is 0.260 e. The molecule has 0 aliphatic carbocycles. The van der Waals surface area contributed by atoms with E-state index in [2.05, 4.69) is 9.71 Å². The van der Waals surface area contributed by atoms with E-state index in [1.54, 1.807) is 6.20 Å². The summed E-state index contributed by atoms with van der Waals surface area (Å²) in [6.45, 7) is 5.02. The molecule has 21 heavy (non-hydrogen) atoms. The Hall–Kier alpha value is -0.630. The van der Waals surface area contributed by atoms with Crippen LogP contribution in [0.25, 0.3) is 0 Å². The molecule has 0 spiro atoms. The molecule has 122 valence electrons. The van der Waals surface area contributed by atoms with Gasteiger partial charge >= 0.3 is 0 Å². The molecule has 0 atom stereocenters. The van der Waals surface area contributed by atoms with Crippen LogP contribution in [0.3, 0.4) is 0 Å². The molecule has 2 rings (SSSR count). The molecule has 1 aromatic heterocycles. The monoisotopic (exact) mass is 336 g/mol. The van der Waals surface area contributed by atoms with E-state index in [0.29, 0.717) is 12.8 Å². The average molecular weight is 337 g/mol. The second kappa shape index (κ2) is 7.09. The average Bonchev–Trinajstić information content (AvgIpc) is 2.90. The van der Waals surface area contributed by atoms with Crippen LogP contribution in [0.1, 0.15) is 45.4 Å². The number of nitrogens with zero attached hydrogens (tertiary/aromatic N) is 2. The fourth-order valence-electron chi connectivity index (χ4n) is 2.58. The van der Waals surface area contributed by atoms with Crippen LogP contribution in [0, 0.1) is 0 Å². The van der Waals surface area contributed by atoms with Crippen LogP contribution in [-0.2, 0) is 23.0 Å². The van der Waals surface area contributed by atoms with Crippen molar-refractivity contribution in [2.24, 2.45) is 5.73 Å². The van der Waals surface area contributed by atoms with E-state index >= 15 is 0 Å². The van der Waals surface area contributed by atoms with E-state index < -0.39 is 15.6 Å². The number of aromatic nitrogens is 2. The molecular formula is C13H25ClN4O2S. The van der Waals surface area contributed by atoms with Crippen LogP contribution in [0.5, 0.6) is 0 Å². The fraction of sp³-hybridized carbons (Fsp3) is 0.769. The molecule has 1 aromatic rings. The van der Waals surface area contributed by atoms with Crippen LogP contribution in [0.4, 0.5) is 0 Å². The van der Waals surface area contributed by atoms with Gasteiger partial charge in [0, 0.05) is 31.2 Å². The number of nitrogens with one attached hydrogen (secondary N) is 1. The molecule has 0 saturated heterocycles. The third-order valence-electron chi connectivity index (χ3n) is 4.26. The molecule has 0 radical (unpaired) electrons. The first-order chi connectivity index (χ1) is 9.46. The highest BCUT2D eigenvalue weighted by Gasteiger charge is 2.32. The topological polar surface area (TPSA) is 90.0 Å². The first-order valence-electron chi connectivity index (χ1n) is 7.26. The van der Waals surface area contributed by atoms with Gasteiger partial charge < -0.3 is 10.3 Å². The SMILES string of the molecule is CCC(CC)(CN)NS(=O)(=O)c1cn2c(n1)CCCC2.Cl. The minimum atomic E-state index is -3.61. The molecule has 0 unspecified atom stereocenters. The van der Waals surface area contributed by atoms with Crippen molar-refractivity contribution in [3.8, 4) is 0 Å². The standard InChI is InChI=1S/C13H24N4O2S.ClH/c1-3-13(4-2,10-14)16-20(18,19)12-9-17-8-6-5-7-11(17)15-12;/h9,16H,3-8,10,14H2,1-2H3;1H. The van der Waals surface area contributed by atoms with Crippen molar-refractivity contribution in [3.05, 3.63) is 12.0 Å². The van der Waals surface area contributed by atoms with Crippen LogP contribution in [0.15, 0.2) is 11.2 Å². The van der Waals surface area contributed by atoms with Crippen molar-refractivity contribution >= 4 is 22.4 Å². The number of sulfonamides is 1. The van der Waals surface area contributed by atoms with E-state index in [0.717, 1.165) is 31.6 Å². The predicted octanol–water partition coefficient (Wildman–Crippen LogP) is 1.44. The number of fused-ring (bicyclic) bond motifs is 1. The lowest BCUT2D eigenvalue weighted by Crippen LogP contribution is -2.52. The summed E-state index contributed by atoms with van der Waals surface area (Å²) in [7, 11) is -3.61. The number of hydrogen-bond acceptors (Lipinski definition) is 4. The Balaban J connectivity index is 0.00000220. The van der Waals surface area contributed by atoms with Crippen molar-refractivity contribution in [1.29, 1.82) is 0 Å². The summed E-state index contributed by atoms with van der Waals surface area (Å²) in [6, 6.07) is 0. The summed E-state index contributed by atoms with van der Waals surface area (Å²) in [5.41, 5.74) is 5.18. The Kier molecular flexibility index (Phi) is 6.22. The van der Waals surface area contributed by atoms with Gasteiger partial charge in [0.15, 0.2) is 5.03 Å². The van der Waals surface area contributed by atoms with Gasteiger partial charge in [0.05, 0.1) is 0 Å². The van der Waals surface area contributed by atoms with Crippen molar-refractivity contribution in [2.45, 2.75) is 63.1 Å². The smallest absolute Gasteiger partial charge is 0.260 e.